The Kier molecular flexibility index (Phi) is 5.01. The minimum Gasteiger partial charge on any atom is -0.419 e. The van der Waals surface area contributed by atoms with Gasteiger partial charge in [-0.1, -0.05) is 44.2 Å². The fourth-order valence-electron chi connectivity index (χ4n) is 2.63. The summed E-state index contributed by atoms with van der Waals surface area (Å²) in [6.45, 7) is 4.69. The Morgan fingerprint density at radius 3 is 2.38 bits per heavy atom. The van der Waals surface area contributed by atoms with Crippen molar-refractivity contribution in [3.05, 3.63) is 71.9 Å². The van der Waals surface area contributed by atoms with Crippen molar-refractivity contribution in [2.24, 2.45) is 5.92 Å². The number of benzene rings is 2. The number of nitrogens with one attached hydrogen (secondary N) is 1. The van der Waals surface area contributed by atoms with Gasteiger partial charge in [0.1, 0.15) is 5.82 Å². The molecule has 24 heavy (non-hydrogen) atoms. The summed E-state index contributed by atoms with van der Waals surface area (Å²) >= 11 is 0. The van der Waals surface area contributed by atoms with Crippen LogP contribution >= 0.6 is 0 Å². The summed E-state index contributed by atoms with van der Waals surface area (Å²) in [5, 5.41) is 11.6. The van der Waals surface area contributed by atoms with Crippen molar-refractivity contribution in [1.29, 1.82) is 0 Å². The zero-order valence-electron chi connectivity index (χ0n) is 13.7. The lowest BCUT2D eigenvalue weighted by molar-refractivity contribution is 0.380. The van der Waals surface area contributed by atoms with Gasteiger partial charge in [-0.2, -0.15) is 0 Å². The van der Waals surface area contributed by atoms with Crippen LogP contribution in [0.25, 0.3) is 11.5 Å². The van der Waals surface area contributed by atoms with E-state index >= 15 is 0 Å². The van der Waals surface area contributed by atoms with Crippen LogP contribution in [0.4, 0.5) is 4.39 Å². The predicted molar refractivity (Wildman–Crippen MR) is 90.6 cm³/mol. The molecule has 4 nitrogen and oxygen atoms in total. The lowest BCUT2D eigenvalue weighted by atomic mass is 9.96. The van der Waals surface area contributed by atoms with Crippen molar-refractivity contribution in [3.63, 3.8) is 0 Å². The van der Waals surface area contributed by atoms with E-state index in [1.54, 1.807) is 12.1 Å². The molecule has 3 aromatic rings. The maximum Gasteiger partial charge on any atom is 0.247 e. The second-order valence-corrected chi connectivity index (χ2v) is 6.02. The van der Waals surface area contributed by atoms with E-state index in [2.05, 4.69) is 29.4 Å². The van der Waals surface area contributed by atoms with Crippen LogP contribution in [0.15, 0.2) is 59.0 Å². The van der Waals surface area contributed by atoms with Gasteiger partial charge in [-0.25, -0.2) is 4.39 Å². The normalized spacial score (nSPS) is 12.5. The third kappa shape index (κ3) is 3.86. The number of aromatic nitrogens is 2. The van der Waals surface area contributed by atoms with E-state index in [1.807, 2.05) is 30.3 Å². The fraction of sp³-hybridized carbons (Fsp3) is 0.263. The minimum absolute atomic E-state index is 0.0812. The molecule has 0 radical (unpaired) electrons. The summed E-state index contributed by atoms with van der Waals surface area (Å²) in [5.74, 6) is 1.15. The van der Waals surface area contributed by atoms with Crippen LogP contribution < -0.4 is 5.32 Å². The van der Waals surface area contributed by atoms with E-state index in [0.717, 1.165) is 11.1 Å². The van der Waals surface area contributed by atoms with Crippen molar-refractivity contribution < 1.29 is 8.81 Å². The molecule has 1 aromatic heterocycles. The monoisotopic (exact) mass is 325 g/mol. The Morgan fingerprint density at radius 2 is 1.71 bits per heavy atom. The molecule has 1 N–H and O–H groups in total. The van der Waals surface area contributed by atoms with Crippen molar-refractivity contribution in [2.75, 3.05) is 0 Å². The standard InChI is InChI=1S/C19H20FN3O/c1-13(2)18(14-8-10-16(20)11-9-14)21-12-17-22-23-19(24-17)15-6-4-3-5-7-15/h3-11,13,18,21H,12H2,1-2H3/t18-/m1/s1. The molecule has 0 saturated heterocycles. The molecule has 1 atom stereocenters. The third-order valence-corrected chi connectivity index (χ3v) is 3.86. The smallest absolute Gasteiger partial charge is 0.247 e. The Labute approximate surface area is 140 Å². The van der Waals surface area contributed by atoms with Crippen molar-refractivity contribution in [2.45, 2.75) is 26.4 Å². The quantitative estimate of drug-likeness (QED) is 0.731. The van der Waals surface area contributed by atoms with Crippen molar-refractivity contribution >= 4 is 0 Å². The summed E-state index contributed by atoms with van der Waals surface area (Å²) in [7, 11) is 0. The lowest BCUT2D eigenvalue weighted by Gasteiger charge is -2.22. The molecular formula is C19H20FN3O. The molecule has 0 unspecified atom stereocenters. The van der Waals surface area contributed by atoms with E-state index in [9.17, 15) is 4.39 Å². The highest BCUT2D eigenvalue weighted by Crippen LogP contribution is 2.23. The highest BCUT2D eigenvalue weighted by atomic mass is 19.1. The van der Waals surface area contributed by atoms with Gasteiger partial charge in [-0.05, 0) is 35.7 Å². The minimum atomic E-state index is -0.231. The Hall–Kier alpha value is -2.53. The Balaban J connectivity index is 1.69. The molecule has 0 bridgehead atoms. The Morgan fingerprint density at radius 1 is 1.00 bits per heavy atom. The van der Waals surface area contributed by atoms with Crippen LogP contribution in [0, 0.1) is 11.7 Å². The zero-order chi connectivity index (χ0) is 16.9. The number of hydrogen-bond donors (Lipinski definition) is 1. The predicted octanol–water partition coefficient (Wildman–Crippen LogP) is 4.36. The maximum atomic E-state index is 13.1. The molecule has 5 heteroatoms. The average Bonchev–Trinajstić information content (AvgIpc) is 3.06. The van der Waals surface area contributed by atoms with Gasteiger partial charge in [-0.3, -0.25) is 0 Å². The molecular weight excluding hydrogens is 305 g/mol. The number of nitrogens with zero attached hydrogens (tertiary/aromatic N) is 2. The van der Waals surface area contributed by atoms with Gasteiger partial charge < -0.3 is 9.73 Å². The van der Waals surface area contributed by atoms with Gasteiger partial charge in [-0.15, -0.1) is 10.2 Å². The van der Waals surface area contributed by atoms with Crippen LogP contribution in [-0.2, 0) is 6.54 Å². The van der Waals surface area contributed by atoms with E-state index < -0.39 is 0 Å². The van der Waals surface area contributed by atoms with E-state index in [1.165, 1.54) is 12.1 Å². The van der Waals surface area contributed by atoms with Crippen LogP contribution in [-0.4, -0.2) is 10.2 Å². The van der Waals surface area contributed by atoms with Crippen molar-refractivity contribution in [1.82, 2.24) is 15.5 Å². The zero-order valence-corrected chi connectivity index (χ0v) is 13.7. The topological polar surface area (TPSA) is 51.0 Å². The van der Waals surface area contributed by atoms with Gasteiger partial charge >= 0.3 is 0 Å². The van der Waals surface area contributed by atoms with Gasteiger partial charge in [0.2, 0.25) is 11.8 Å². The van der Waals surface area contributed by atoms with E-state index in [4.69, 9.17) is 4.42 Å². The van der Waals surface area contributed by atoms with E-state index in [-0.39, 0.29) is 11.9 Å². The van der Waals surface area contributed by atoms with Crippen LogP contribution in [0.5, 0.6) is 0 Å². The first-order chi connectivity index (χ1) is 11.6. The summed E-state index contributed by atoms with van der Waals surface area (Å²) < 4.78 is 18.8. The molecule has 0 spiro atoms. The van der Waals surface area contributed by atoms with Crippen LogP contribution in [0.2, 0.25) is 0 Å². The summed E-state index contributed by atoms with van der Waals surface area (Å²) in [6, 6.07) is 16.3. The fourth-order valence-corrected chi connectivity index (χ4v) is 2.63. The largest absolute Gasteiger partial charge is 0.419 e. The van der Waals surface area contributed by atoms with Gasteiger partial charge in [0.15, 0.2) is 0 Å². The summed E-state index contributed by atoms with van der Waals surface area (Å²) in [5.41, 5.74) is 1.93. The van der Waals surface area contributed by atoms with Gasteiger partial charge in [0.25, 0.3) is 0 Å². The molecule has 1 heterocycles. The van der Waals surface area contributed by atoms with Gasteiger partial charge in [0, 0.05) is 11.6 Å². The summed E-state index contributed by atoms with van der Waals surface area (Å²) in [4.78, 5) is 0. The first-order valence-corrected chi connectivity index (χ1v) is 8.00. The lowest BCUT2D eigenvalue weighted by Crippen LogP contribution is -2.25. The van der Waals surface area contributed by atoms with Crippen molar-refractivity contribution in [3.8, 4) is 11.5 Å². The molecule has 2 aromatic carbocycles. The summed E-state index contributed by atoms with van der Waals surface area (Å²) in [6.07, 6.45) is 0. The SMILES string of the molecule is CC(C)[C@@H](NCc1nnc(-c2ccccc2)o1)c1ccc(F)cc1. The third-order valence-electron chi connectivity index (χ3n) is 3.86. The molecule has 0 aliphatic heterocycles. The number of rotatable bonds is 6. The molecule has 0 aliphatic rings. The molecule has 124 valence electrons. The van der Waals surface area contributed by atoms with E-state index in [0.29, 0.717) is 24.2 Å². The Bertz CT molecular complexity index is 769. The second kappa shape index (κ2) is 7.36. The molecule has 3 rings (SSSR count). The molecule has 0 aliphatic carbocycles. The first-order valence-electron chi connectivity index (χ1n) is 8.00. The molecule has 0 saturated carbocycles. The maximum absolute atomic E-state index is 13.1. The molecule has 0 fully saturated rings. The second-order valence-electron chi connectivity index (χ2n) is 6.02. The average molecular weight is 325 g/mol. The highest BCUT2D eigenvalue weighted by molar-refractivity contribution is 5.51. The van der Waals surface area contributed by atoms with Crippen LogP contribution in [0.1, 0.15) is 31.3 Å². The number of halogens is 1. The highest BCUT2D eigenvalue weighted by Gasteiger charge is 2.17. The number of hydrogen-bond acceptors (Lipinski definition) is 4. The van der Waals surface area contributed by atoms with Gasteiger partial charge in [0.05, 0.1) is 6.54 Å². The van der Waals surface area contributed by atoms with Crippen LogP contribution in [0.3, 0.4) is 0 Å². The first kappa shape index (κ1) is 16.3. The molecule has 0 amide bonds.